The molecule has 0 bridgehead atoms. The Labute approximate surface area is 75.1 Å². The van der Waals surface area contributed by atoms with Gasteiger partial charge in [-0.25, -0.2) is 0 Å². The van der Waals surface area contributed by atoms with E-state index in [2.05, 4.69) is 5.32 Å². The van der Waals surface area contributed by atoms with Gasteiger partial charge in [0.2, 0.25) is 11.8 Å². The number of amides is 2. The molecule has 0 radical (unpaired) electrons. The van der Waals surface area contributed by atoms with Crippen LogP contribution < -0.4 is 5.32 Å². The number of nitrogens with one attached hydrogen (secondary N) is 1. The number of rotatable bonds is 3. The standard InChI is InChI=1S/C8H11NO4/c1-8(3-2-6(11)12)4-5(10)9-7(8)13/h2-4H2,1H3,(H,11,12)(H,9,10,13)/t8-/m0/s1. The normalized spacial score (nSPS) is 27.5. The highest BCUT2D eigenvalue weighted by atomic mass is 16.4. The van der Waals surface area contributed by atoms with Crippen LogP contribution in [0.3, 0.4) is 0 Å². The first kappa shape index (κ1) is 9.70. The third-order valence-corrected chi connectivity index (χ3v) is 2.24. The van der Waals surface area contributed by atoms with Crippen LogP contribution in [0.25, 0.3) is 0 Å². The van der Waals surface area contributed by atoms with Crippen molar-refractivity contribution in [2.45, 2.75) is 26.2 Å². The molecule has 5 nitrogen and oxygen atoms in total. The maximum Gasteiger partial charge on any atom is 0.303 e. The number of carboxylic acids is 1. The summed E-state index contributed by atoms with van der Waals surface area (Å²) in [5, 5.41) is 10.6. The number of carbonyl (C=O) groups excluding carboxylic acids is 2. The van der Waals surface area contributed by atoms with Gasteiger partial charge in [0, 0.05) is 12.8 Å². The monoisotopic (exact) mass is 185 g/mol. The molecule has 2 N–H and O–H groups in total. The van der Waals surface area contributed by atoms with Gasteiger partial charge in [0.15, 0.2) is 0 Å². The molecule has 1 rings (SSSR count). The number of aliphatic carboxylic acids is 1. The van der Waals surface area contributed by atoms with E-state index < -0.39 is 11.4 Å². The van der Waals surface area contributed by atoms with Crippen LogP contribution in [0.2, 0.25) is 0 Å². The number of carboxylic acid groups (broad SMARTS) is 1. The topological polar surface area (TPSA) is 83.5 Å². The third kappa shape index (κ3) is 2.05. The first-order valence-electron chi connectivity index (χ1n) is 4.00. The van der Waals surface area contributed by atoms with Gasteiger partial charge < -0.3 is 5.11 Å². The molecule has 0 aromatic rings. The summed E-state index contributed by atoms with van der Waals surface area (Å²) in [4.78, 5) is 32.3. The summed E-state index contributed by atoms with van der Waals surface area (Å²) in [5.74, 6) is -1.63. The van der Waals surface area contributed by atoms with Crippen LogP contribution in [0.15, 0.2) is 0 Å². The molecule has 0 aliphatic carbocycles. The molecule has 5 heteroatoms. The fourth-order valence-corrected chi connectivity index (χ4v) is 1.34. The summed E-state index contributed by atoms with van der Waals surface area (Å²) in [6.45, 7) is 1.61. The van der Waals surface area contributed by atoms with Crippen LogP contribution >= 0.6 is 0 Å². The van der Waals surface area contributed by atoms with E-state index >= 15 is 0 Å². The molecule has 0 unspecified atom stereocenters. The van der Waals surface area contributed by atoms with Crippen LogP contribution in [-0.2, 0) is 14.4 Å². The molecule has 1 fully saturated rings. The van der Waals surface area contributed by atoms with E-state index in [9.17, 15) is 14.4 Å². The Bertz CT molecular complexity index is 273. The Morgan fingerprint density at radius 1 is 1.62 bits per heavy atom. The van der Waals surface area contributed by atoms with Crippen LogP contribution in [0.1, 0.15) is 26.2 Å². The Morgan fingerprint density at radius 2 is 2.23 bits per heavy atom. The van der Waals surface area contributed by atoms with E-state index in [0.29, 0.717) is 0 Å². The number of hydrogen-bond acceptors (Lipinski definition) is 3. The van der Waals surface area contributed by atoms with Crippen molar-refractivity contribution in [2.75, 3.05) is 0 Å². The van der Waals surface area contributed by atoms with Crippen LogP contribution in [0.5, 0.6) is 0 Å². The summed E-state index contributed by atoms with van der Waals surface area (Å²) in [6.07, 6.45) is 0.218. The maximum atomic E-state index is 11.2. The fraction of sp³-hybridized carbons (Fsp3) is 0.625. The SMILES string of the molecule is C[C@]1(CCC(=O)O)CC(=O)NC1=O. The number of hydrogen-bond donors (Lipinski definition) is 2. The molecule has 0 aromatic carbocycles. The molecule has 13 heavy (non-hydrogen) atoms. The van der Waals surface area contributed by atoms with E-state index in [-0.39, 0.29) is 31.1 Å². The van der Waals surface area contributed by atoms with Crippen molar-refractivity contribution in [1.29, 1.82) is 0 Å². The minimum atomic E-state index is -0.951. The molecule has 0 spiro atoms. The van der Waals surface area contributed by atoms with Gasteiger partial charge in [-0.2, -0.15) is 0 Å². The minimum Gasteiger partial charge on any atom is -0.481 e. The Kier molecular flexibility index (Phi) is 2.36. The van der Waals surface area contributed by atoms with Crippen LogP contribution in [0.4, 0.5) is 0 Å². The Morgan fingerprint density at radius 3 is 2.62 bits per heavy atom. The number of imide groups is 1. The first-order valence-corrected chi connectivity index (χ1v) is 4.00. The molecule has 2 amide bonds. The van der Waals surface area contributed by atoms with Crippen molar-refractivity contribution in [3.8, 4) is 0 Å². The third-order valence-electron chi connectivity index (χ3n) is 2.24. The van der Waals surface area contributed by atoms with E-state index in [1.54, 1.807) is 6.92 Å². The molecule has 72 valence electrons. The van der Waals surface area contributed by atoms with Gasteiger partial charge in [0.1, 0.15) is 0 Å². The lowest BCUT2D eigenvalue weighted by Gasteiger charge is -2.17. The van der Waals surface area contributed by atoms with Gasteiger partial charge in [-0.05, 0) is 6.42 Å². The fourth-order valence-electron chi connectivity index (χ4n) is 1.34. The zero-order valence-electron chi connectivity index (χ0n) is 7.29. The molecular weight excluding hydrogens is 174 g/mol. The predicted octanol–water partition coefficient (Wildman–Crippen LogP) is -0.0960. The lowest BCUT2D eigenvalue weighted by molar-refractivity contribution is -0.138. The highest BCUT2D eigenvalue weighted by Crippen LogP contribution is 2.31. The minimum absolute atomic E-state index is 0.0861. The van der Waals surface area contributed by atoms with Crippen molar-refractivity contribution in [2.24, 2.45) is 5.41 Å². The van der Waals surface area contributed by atoms with Gasteiger partial charge >= 0.3 is 5.97 Å². The van der Waals surface area contributed by atoms with Crippen molar-refractivity contribution >= 4 is 17.8 Å². The molecular formula is C8H11NO4. The summed E-state index contributed by atoms with van der Waals surface area (Å²) in [6, 6.07) is 0. The Hall–Kier alpha value is -1.39. The quantitative estimate of drug-likeness (QED) is 0.601. The largest absolute Gasteiger partial charge is 0.481 e. The molecule has 0 saturated carbocycles. The second kappa shape index (κ2) is 3.16. The van der Waals surface area contributed by atoms with Gasteiger partial charge in [0.05, 0.1) is 5.41 Å². The van der Waals surface area contributed by atoms with Crippen molar-refractivity contribution in [3.05, 3.63) is 0 Å². The molecule has 1 saturated heterocycles. The molecule has 1 aliphatic rings. The second-order valence-corrected chi connectivity index (χ2v) is 3.51. The average Bonchev–Trinajstić information content (AvgIpc) is 2.23. The van der Waals surface area contributed by atoms with Gasteiger partial charge in [-0.15, -0.1) is 0 Å². The highest BCUT2D eigenvalue weighted by Gasteiger charge is 2.42. The first-order chi connectivity index (χ1) is 5.94. The van der Waals surface area contributed by atoms with Gasteiger partial charge in [0.25, 0.3) is 0 Å². The van der Waals surface area contributed by atoms with E-state index in [4.69, 9.17) is 5.11 Å². The molecule has 1 heterocycles. The molecule has 1 aliphatic heterocycles. The van der Waals surface area contributed by atoms with Crippen molar-refractivity contribution in [1.82, 2.24) is 5.32 Å². The smallest absolute Gasteiger partial charge is 0.303 e. The highest BCUT2D eigenvalue weighted by molar-refractivity contribution is 6.05. The van der Waals surface area contributed by atoms with Gasteiger partial charge in [-0.1, -0.05) is 6.92 Å². The predicted molar refractivity (Wildman–Crippen MR) is 42.7 cm³/mol. The number of carbonyl (C=O) groups is 3. The second-order valence-electron chi connectivity index (χ2n) is 3.51. The van der Waals surface area contributed by atoms with Crippen LogP contribution in [0, 0.1) is 5.41 Å². The summed E-state index contributed by atoms with van der Waals surface area (Å²) in [5.41, 5.74) is -0.824. The lowest BCUT2D eigenvalue weighted by Crippen LogP contribution is -2.29. The van der Waals surface area contributed by atoms with E-state index in [1.165, 1.54) is 0 Å². The maximum absolute atomic E-state index is 11.2. The van der Waals surface area contributed by atoms with Crippen molar-refractivity contribution in [3.63, 3.8) is 0 Å². The van der Waals surface area contributed by atoms with Crippen molar-refractivity contribution < 1.29 is 19.5 Å². The summed E-state index contributed by atoms with van der Waals surface area (Å²) >= 11 is 0. The molecule has 1 atom stereocenters. The van der Waals surface area contributed by atoms with Crippen LogP contribution in [-0.4, -0.2) is 22.9 Å². The average molecular weight is 185 g/mol. The van der Waals surface area contributed by atoms with E-state index in [0.717, 1.165) is 0 Å². The zero-order chi connectivity index (χ0) is 10.1. The van der Waals surface area contributed by atoms with Gasteiger partial charge in [-0.3, -0.25) is 19.7 Å². The zero-order valence-corrected chi connectivity index (χ0v) is 7.29. The summed E-state index contributed by atoms with van der Waals surface area (Å²) in [7, 11) is 0. The lowest BCUT2D eigenvalue weighted by atomic mass is 9.84. The van der Waals surface area contributed by atoms with E-state index in [1.807, 2.05) is 0 Å². The summed E-state index contributed by atoms with van der Waals surface area (Å²) < 4.78 is 0. The Balaban J connectivity index is 2.60. The molecule has 0 aromatic heterocycles.